The fourth-order valence-corrected chi connectivity index (χ4v) is 3.25. The summed E-state index contributed by atoms with van der Waals surface area (Å²) in [5, 5.41) is 19.7. The average molecular weight is 364 g/mol. The number of nitrogens with zero attached hydrogens (tertiary/aromatic N) is 4. The molecule has 1 aliphatic heterocycles. The minimum absolute atomic E-state index is 0.0392. The maximum absolute atomic E-state index is 12.4. The van der Waals surface area contributed by atoms with Crippen LogP contribution in [0.1, 0.15) is 37.4 Å². The van der Waals surface area contributed by atoms with Crippen LogP contribution in [-0.4, -0.2) is 35.2 Å². The Morgan fingerprint density at radius 3 is 2.59 bits per heavy atom. The molecular weight excluding hydrogens is 340 g/mol. The number of nitrogens with two attached hydrogens (primary N) is 1. The second-order valence-corrected chi connectivity index (χ2v) is 7.25. The third kappa shape index (κ3) is 4.60. The Hall–Kier alpha value is -2.98. The summed E-state index contributed by atoms with van der Waals surface area (Å²) in [6, 6.07) is 13.2. The molecule has 7 heteroatoms. The van der Waals surface area contributed by atoms with Crippen LogP contribution < -0.4 is 16.0 Å². The maximum atomic E-state index is 12.4. The first-order valence-electron chi connectivity index (χ1n) is 9.10. The lowest BCUT2D eigenvalue weighted by molar-refractivity contribution is -0.117. The molecule has 1 fully saturated rings. The zero-order valence-corrected chi connectivity index (χ0v) is 15.6. The Kier molecular flexibility index (Phi) is 5.67. The molecule has 0 bridgehead atoms. The van der Waals surface area contributed by atoms with Crippen molar-refractivity contribution < 1.29 is 4.79 Å². The molecule has 2 aromatic rings. The largest absolute Gasteiger partial charge is 0.353 e. The van der Waals surface area contributed by atoms with Gasteiger partial charge in [0.2, 0.25) is 5.91 Å². The van der Waals surface area contributed by atoms with Crippen LogP contribution in [0.25, 0.3) is 0 Å². The summed E-state index contributed by atoms with van der Waals surface area (Å²) in [6.07, 6.45) is 0.354. The Morgan fingerprint density at radius 1 is 1.26 bits per heavy atom. The predicted octanol–water partition coefficient (Wildman–Crippen LogP) is 2.26. The number of aromatic nitrogens is 2. The molecule has 1 aromatic heterocycles. The number of nitriles is 1. The molecule has 0 aliphatic carbocycles. The highest BCUT2D eigenvalue weighted by molar-refractivity contribution is 5.91. The third-order valence-corrected chi connectivity index (χ3v) is 4.89. The molecule has 0 saturated carbocycles. The number of hydrogen-bond acceptors (Lipinski definition) is 6. The van der Waals surface area contributed by atoms with Crippen LogP contribution in [0.4, 0.5) is 11.5 Å². The summed E-state index contributed by atoms with van der Waals surface area (Å²) < 4.78 is 0. The van der Waals surface area contributed by atoms with E-state index in [-0.39, 0.29) is 23.6 Å². The quantitative estimate of drug-likeness (QED) is 0.842. The molecule has 140 valence electrons. The van der Waals surface area contributed by atoms with Crippen LogP contribution in [0.5, 0.6) is 0 Å². The normalized spacial score (nSPS) is 19.1. The smallest absolute Gasteiger partial charge is 0.224 e. The van der Waals surface area contributed by atoms with Crippen molar-refractivity contribution in [2.24, 2.45) is 11.7 Å². The van der Waals surface area contributed by atoms with Gasteiger partial charge in [-0.25, -0.2) is 0 Å². The summed E-state index contributed by atoms with van der Waals surface area (Å²) >= 11 is 0. The van der Waals surface area contributed by atoms with Crippen molar-refractivity contribution in [2.75, 3.05) is 23.3 Å². The van der Waals surface area contributed by atoms with Gasteiger partial charge >= 0.3 is 0 Å². The molecule has 3 rings (SSSR count). The van der Waals surface area contributed by atoms with Gasteiger partial charge in [-0.05, 0) is 35.7 Å². The van der Waals surface area contributed by atoms with E-state index in [4.69, 9.17) is 11.0 Å². The fourth-order valence-electron chi connectivity index (χ4n) is 3.25. The number of carbonyl (C=O) groups excluding carboxylic acids is 1. The monoisotopic (exact) mass is 364 g/mol. The highest BCUT2D eigenvalue weighted by atomic mass is 16.1. The number of carbonyl (C=O) groups is 1. The van der Waals surface area contributed by atoms with E-state index in [1.807, 2.05) is 35.2 Å². The number of hydrogen-bond donors (Lipinski definition) is 2. The van der Waals surface area contributed by atoms with Crippen LogP contribution >= 0.6 is 0 Å². The van der Waals surface area contributed by atoms with E-state index >= 15 is 0 Å². The van der Waals surface area contributed by atoms with Gasteiger partial charge in [0.15, 0.2) is 11.5 Å². The van der Waals surface area contributed by atoms with Crippen molar-refractivity contribution in [2.45, 2.75) is 32.2 Å². The lowest BCUT2D eigenvalue weighted by Crippen LogP contribution is -2.32. The number of benzene rings is 1. The first kappa shape index (κ1) is 18.8. The van der Waals surface area contributed by atoms with Crippen molar-refractivity contribution in [3.63, 3.8) is 0 Å². The molecule has 3 N–H and O–H groups in total. The predicted molar refractivity (Wildman–Crippen MR) is 104 cm³/mol. The highest BCUT2D eigenvalue weighted by Gasteiger charge is 2.32. The number of rotatable bonds is 5. The third-order valence-electron chi connectivity index (χ3n) is 4.89. The standard InChI is InChI=1S/C20H24N6O/c1-13(2)14-3-5-16(6-4-14)23-20(27)9-15-11-26(12-18(15)22)19-8-7-17(10-21)24-25-19/h3-8,13,15,18H,9,11-12,22H2,1-2H3,(H,23,27)/t15?,18-/m0/s1. The Bertz CT molecular complexity index is 825. The molecule has 2 heterocycles. The zero-order chi connectivity index (χ0) is 19.4. The Balaban J connectivity index is 1.56. The van der Waals surface area contributed by atoms with Crippen LogP contribution in [0.2, 0.25) is 0 Å². The van der Waals surface area contributed by atoms with Gasteiger partial charge in [0.1, 0.15) is 6.07 Å². The van der Waals surface area contributed by atoms with Gasteiger partial charge in [-0.3, -0.25) is 4.79 Å². The minimum Gasteiger partial charge on any atom is -0.353 e. The van der Waals surface area contributed by atoms with Crippen molar-refractivity contribution in [1.82, 2.24) is 10.2 Å². The van der Waals surface area contributed by atoms with Gasteiger partial charge in [0.05, 0.1) is 0 Å². The number of amides is 1. The second kappa shape index (κ2) is 8.14. The summed E-state index contributed by atoms with van der Waals surface area (Å²) in [5.41, 5.74) is 8.55. The van der Waals surface area contributed by atoms with Crippen molar-refractivity contribution in [3.8, 4) is 6.07 Å². The van der Waals surface area contributed by atoms with Crippen LogP contribution in [0.3, 0.4) is 0 Å². The zero-order valence-electron chi connectivity index (χ0n) is 15.6. The number of anilines is 2. The highest BCUT2D eigenvalue weighted by Crippen LogP contribution is 2.24. The summed E-state index contributed by atoms with van der Waals surface area (Å²) in [4.78, 5) is 14.4. The van der Waals surface area contributed by atoms with E-state index in [1.54, 1.807) is 12.1 Å². The molecule has 1 aliphatic rings. The van der Waals surface area contributed by atoms with Crippen molar-refractivity contribution in [3.05, 3.63) is 47.7 Å². The molecule has 0 radical (unpaired) electrons. The average Bonchev–Trinajstić information content (AvgIpc) is 3.02. The lowest BCUT2D eigenvalue weighted by atomic mass is 10.00. The molecule has 1 aromatic carbocycles. The van der Waals surface area contributed by atoms with E-state index in [9.17, 15) is 4.79 Å². The number of nitrogens with one attached hydrogen (secondary N) is 1. The van der Waals surface area contributed by atoms with Crippen LogP contribution in [-0.2, 0) is 4.79 Å². The molecule has 0 spiro atoms. The first-order chi connectivity index (χ1) is 13.0. The van der Waals surface area contributed by atoms with Gasteiger partial charge < -0.3 is 16.0 Å². The van der Waals surface area contributed by atoms with Crippen molar-refractivity contribution in [1.29, 1.82) is 5.26 Å². The summed E-state index contributed by atoms with van der Waals surface area (Å²) in [6.45, 7) is 5.53. The van der Waals surface area contributed by atoms with E-state index in [1.165, 1.54) is 5.56 Å². The topological polar surface area (TPSA) is 108 Å². The Morgan fingerprint density at radius 2 is 2.00 bits per heavy atom. The van der Waals surface area contributed by atoms with Gasteiger partial charge in [0, 0.05) is 37.2 Å². The molecule has 1 amide bonds. The minimum atomic E-state index is -0.114. The maximum Gasteiger partial charge on any atom is 0.224 e. The first-order valence-corrected chi connectivity index (χ1v) is 9.10. The molecule has 7 nitrogen and oxygen atoms in total. The van der Waals surface area contributed by atoms with E-state index in [0.29, 0.717) is 31.2 Å². The van der Waals surface area contributed by atoms with Crippen molar-refractivity contribution >= 4 is 17.4 Å². The Labute approximate surface area is 159 Å². The van der Waals surface area contributed by atoms with E-state index in [2.05, 4.69) is 29.4 Å². The summed E-state index contributed by atoms with van der Waals surface area (Å²) in [5.74, 6) is 1.14. The van der Waals surface area contributed by atoms with Crippen LogP contribution in [0, 0.1) is 17.2 Å². The SMILES string of the molecule is CC(C)c1ccc(NC(=O)CC2CN(c3ccc(C#N)nn3)C[C@@H]2N)cc1. The summed E-state index contributed by atoms with van der Waals surface area (Å²) in [7, 11) is 0. The molecule has 2 atom stereocenters. The fraction of sp³-hybridized carbons (Fsp3) is 0.400. The van der Waals surface area contributed by atoms with Gasteiger partial charge in [-0.2, -0.15) is 5.26 Å². The van der Waals surface area contributed by atoms with Gasteiger partial charge in [-0.1, -0.05) is 26.0 Å². The lowest BCUT2D eigenvalue weighted by Gasteiger charge is -2.16. The molecule has 27 heavy (non-hydrogen) atoms. The molecule has 1 unspecified atom stereocenters. The molecular formula is C20H24N6O. The van der Waals surface area contributed by atoms with E-state index in [0.717, 1.165) is 5.69 Å². The molecule has 1 saturated heterocycles. The van der Waals surface area contributed by atoms with Gasteiger partial charge in [-0.15, -0.1) is 10.2 Å². The van der Waals surface area contributed by atoms with E-state index < -0.39 is 0 Å². The van der Waals surface area contributed by atoms with Crippen LogP contribution in [0.15, 0.2) is 36.4 Å². The second-order valence-electron chi connectivity index (χ2n) is 7.25. The van der Waals surface area contributed by atoms with Gasteiger partial charge in [0.25, 0.3) is 0 Å².